The molecule has 7 heteroatoms. The molecular weight excluding hydrogens is 358 g/mol. The highest BCUT2D eigenvalue weighted by Crippen LogP contribution is 2.21. The van der Waals surface area contributed by atoms with E-state index in [9.17, 15) is 19.7 Å². The van der Waals surface area contributed by atoms with Crippen LogP contribution in [0.25, 0.3) is 0 Å². The Balaban J connectivity index is 1.58. The summed E-state index contributed by atoms with van der Waals surface area (Å²) in [4.78, 5) is 37.4. The van der Waals surface area contributed by atoms with Crippen molar-refractivity contribution in [3.8, 4) is 0 Å². The van der Waals surface area contributed by atoms with Crippen molar-refractivity contribution in [3.05, 3.63) is 74.8 Å². The number of piperidine rings is 1. The molecule has 7 nitrogen and oxygen atoms in total. The fraction of sp³-hybridized carbons (Fsp3) is 0.333. The van der Waals surface area contributed by atoms with Crippen LogP contribution < -0.4 is 5.32 Å². The number of nitro benzene ring substituents is 1. The maximum atomic E-state index is 12.7. The first-order valence-electron chi connectivity index (χ1n) is 9.27. The predicted molar refractivity (Wildman–Crippen MR) is 105 cm³/mol. The Hall–Kier alpha value is -3.22. The van der Waals surface area contributed by atoms with E-state index in [0.717, 1.165) is 5.56 Å². The number of carbonyl (C=O) groups is 2. The molecule has 0 spiro atoms. The van der Waals surface area contributed by atoms with E-state index in [0.29, 0.717) is 42.6 Å². The van der Waals surface area contributed by atoms with Gasteiger partial charge in [-0.1, -0.05) is 18.2 Å². The number of nitrogens with zero attached hydrogens (tertiary/aromatic N) is 2. The van der Waals surface area contributed by atoms with Crippen molar-refractivity contribution < 1.29 is 14.5 Å². The number of benzene rings is 2. The SMILES string of the molecule is Cc1ccccc1C(=O)NC1CCN(C(=O)c2ccc([N+](=O)[O-])c(C)c2)CC1. The number of nitro groups is 1. The lowest BCUT2D eigenvalue weighted by Gasteiger charge is -2.32. The zero-order chi connectivity index (χ0) is 20.3. The monoisotopic (exact) mass is 381 g/mol. The molecule has 0 radical (unpaired) electrons. The number of hydrogen-bond donors (Lipinski definition) is 1. The van der Waals surface area contributed by atoms with E-state index in [1.165, 1.54) is 12.1 Å². The smallest absolute Gasteiger partial charge is 0.272 e. The van der Waals surface area contributed by atoms with Crippen molar-refractivity contribution in [2.75, 3.05) is 13.1 Å². The van der Waals surface area contributed by atoms with Gasteiger partial charge in [-0.25, -0.2) is 0 Å². The summed E-state index contributed by atoms with van der Waals surface area (Å²) in [5, 5.41) is 14.0. The van der Waals surface area contributed by atoms with Gasteiger partial charge in [0.15, 0.2) is 0 Å². The maximum absolute atomic E-state index is 12.7. The van der Waals surface area contributed by atoms with Crippen LogP contribution in [-0.2, 0) is 0 Å². The molecule has 2 amide bonds. The van der Waals surface area contributed by atoms with Crippen LogP contribution in [0.5, 0.6) is 0 Å². The number of amides is 2. The lowest BCUT2D eigenvalue weighted by molar-refractivity contribution is -0.385. The molecule has 3 rings (SSSR count). The summed E-state index contributed by atoms with van der Waals surface area (Å²) in [5.74, 6) is -0.226. The normalized spacial score (nSPS) is 14.6. The van der Waals surface area contributed by atoms with Gasteiger partial charge in [0.25, 0.3) is 17.5 Å². The van der Waals surface area contributed by atoms with Gasteiger partial charge < -0.3 is 10.2 Å². The molecule has 1 N–H and O–H groups in total. The number of carbonyl (C=O) groups excluding carboxylic acids is 2. The van der Waals surface area contributed by atoms with E-state index in [-0.39, 0.29) is 23.5 Å². The van der Waals surface area contributed by atoms with Gasteiger partial charge in [-0.3, -0.25) is 19.7 Å². The summed E-state index contributed by atoms with van der Waals surface area (Å²) in [6, 6.07) is 11.9. The van der Waals surface area contributed by atoms with Gasteiger partial charge in [0.1, 0.15) is 0 Å². The molecule has 1 heterocycles. The van der Waals surface area contributed by atoms with Crippen molar-refractivity contribution in [1.82, 2.24) is 10.2 Å². The molecule has 146 valence electrons. The molecule has 1 aliphatic heterocycles. The second-order valence-corrected chi connectivity index (χ2v) is 7.11. The number of hydrogen-bond acceptors (Lipinski definition) is 4. The maximum Gasteiger partial charge on any atom is 0.272 e. The molecule has 1 saturated heterocycles. The molecule has 0 atom stereocenters. The lowest BCUT2D eigenvalue weighted by Crippen LogP contribution is -2.46. The first-order chi connectivity index (χ1) is 13.4. The third kappa shape index (κ3) is 4.19. The second kappa shape index (κ2) is 8.21. The van der Waals surface area contributed by atoms with Crippen LogP contribution in [-0.4, -0.2) is 40.8 Å². The summed E-state index contributed by atoms with van der Waals surface area (Å²) in [7, 11) is 0. The highest BCUT2D eigenvalue weighted by molar-refractivity contribution is 5.96. The summed E-state index contributed by atoms with van der Waals surface area (Å²) in [6.07, 6.45) is 1.35. The van der Waals surface area contributed by atoms with E-state index in [1.807, 2.05) is 25.1 Å². The van der Waals surface area contributed by atoms with E-state index in [4.69, 9.17) is 0 Å². The lowest BCUT2D eigenvalue weighted by atomic mass is 10.0. The minimum absolute atomic E-state index is 0.00850. The quantitative estimate of drug-likeness (QED) is 0.650. The molecule has 0 saturated carbocycles. The molecule has 2 aromatic rings. The van der Waals surface area contributed by atoms with Crippen molar-refractivity contribution in [2.45, 2.75) is 32.7 Å². The topological polar surface area (TPSA) is 92.6 Å². The molecular formula is C21H23N3O4. The number of likely N-dealkylation sites (tertiary alicyclic amines) is 1. The van der Waals surface area contributed by atoms with Crippen LogP contribution in [0.15, 0.2) is 42.5 Å². The first-order valence-corrected chi connectivity index (χ1v) is 9.27. The van der Waals surface area contributed by atoms with Crippen LogP contribution in [0, 0.1) is 24.0 Å². The Morgan fingerprint density at radius 3 is 2.36 bits per heavy atom. The molecule has 1 aliphatic rings. The van der Waals surface area contributed by atoms with Gasteiger partial charge in [0.2, 0.25) is 0 Å². The van der Waals surface area contributed by atoms with Gasteiger partial charge in [-0.2, -0.15) is 0 Å². The van der Waals surface area contributed by atoms with Gasteiger partial charge in [-0.05, 0) is 50.5 Å². The molecule has 0 bridgehead atoms. The first kappa shape index (κ1) is 19.5. The van der Waals surface area contributed by atoms with Crippen LogP contribution in [0.1, 0.15) is 44.7 Å². The molecule has 0 aliphatic carbocycles. The highest BCUT2D eigenvalue weighted by Gasteiger charge is 2.26. The predicted octanol–water partition coefficient (Wildman–Crippen LogP) is 3.25. The largest absolute Gasteiger partial charge is 0.349 e. The van der Waals surface area contributed by atoms with E-state index in [2.05, 4.69) is 5.32 Å². The molecule has 0 aromatic heterocycles. The number of aryl methyl sites for hydroxylation is 2. The number of nitrogens with one attached hydrogen (secondary N) is 1. The highest BCUT2D eigenvalue weighted by atomic mass is 16.6. The fourth-order valence-corrected chi connectivity index (χ4v) is 3.49. The Morgan fingerprint density at radius 2 is 1.75 bits per heavy atom. The summed E-state index contributed by atoms with van der Waals surface area (Å²) >= 11 is 0. The Kier molecular flexibility index (Phi) is 5.73. The molecule has 2 aromatic carbocycles. The molecule has 28 heavy (non-hydrogen) atoms. The van der Waals surface area contributed by atoms with Gasteiger partial charge in [-0.15, -0.1) is 0 Å². The van der Waals surface area contributed by atoms with Crippen molar-refractivity contribution in [1.29, 1.82) is 0 Å². The average Bonchev–Trinajstić information content (AvgIpc) is 2.68. The van der Waals surface area contributed by atoms with Crippen LogP contribution in [0.4, 0.5) is 5.69 Å². The second-order valence-electron chi connectivity index (χ2n) is 7.11. The Morgan fingerprint density at radius 1 is 1.07 bits per heavy atom. The molecule has 1 fully saturated rings. The zero-order valence-electron chi connectivity index (χ0n) is 16.0. The zero-order valence-corrected chi connectivity index (χ0v) is 16.0. The van der Waals surface area contributed by atoms with Crippen LogP contribution >= 0.6 is 0 Å². The van der Waals surface area contributed by atoms with E-state index < -0.39 is 4.92 Å². The van der Waals surface area contributed by atoms with E-state index in [1.54, 1.807) is 24.0 Å². The summed E-state index contributed by atoms with van der Waals surface area (Å²) in [5.41, 5.74) is 2.53. The van der Waals surface area contributed by atoms with Gasteiger partial charge in [0, 0.05) is 41.9 Å². The Bertz CT molecular complexity index is 918. The van der Waals surface area contributed by atoms with Crippen LogP contribution in [0.2, 0.25) is 0 Å². The van der Waals surface area contributed by atoms with E-state index >= 15 is 0 Å². The summed E-state index contributed by atoms with van der Waals surface area (Å²) in [6.45, 7) is 4.60. The number of rotatable bonds is 4. The minimum Gasteiger partial charge on any atom is -0.349 e. The van der Waals surface area contributed by atoms with Crippen molar-refractivity contribution >= 4 is 17.5 Å². The molecule has 0 unspecified atom stereocenters. The summed E-state index contributed by atoms with van der Waals surface area (Å²) < 4.78 is 0. The van der Waals surface area contributed by atoms with Gasteiger partial charge >= 0.3 is 0 Å². The standard InChI is InChI=1S/C21H23N3O4/c1-14-5-3-4-6-18(14)20(25)22-17-9-11-23(12-10-17)21(26)16-7-8-19(24(27)28)15(2)13-16/h3-8,13,17H,9-12H2,1-2H3,(H,22,25). The Labute approximate surface area is 163 Å². The van der Waals surface area contributed by atoms with Crippen LogP contribution in [0.3, 0.4) is 0 Å². The fourth-order valence-electron chi connectivity index (χ4n) is 3.49. The third-order valence-corrected chi connectivity index (χ3v) is 5.15. The van der Waals surface area contributed by atoms with Crippen molar-refractivity contribution in [2.24, 2.45) is 0 Å². The third-order valence-electron chi connectivity index (χ3n) is 5.15. The van der Waals surface area contributed by atoms with Gasteiger partial charge in [0.05, 0.1) is 4.92 Å². The van der Waals surface area contributed by atoms with Crippen molar-refractivity contribution in [3.63, 3.8) is 0 Å². The minimum atomic E-state index is -0.452. The average molecular weight is 381 g/mol.